The summed E-state index contributed by atoms with van der Waals surface area (Å²) in [5, 5.41) is 39.0. The number of benzene rings is 2. The van der Waals surface area contributed by atoms with Crippen LogP contribution in [-0.4, -0.2) is 49.6 Å². The Labute approximate surface area is 157 Å². The number of aliphatic hydroxyl groups is 3. The summed E-state index contributed by atoms with van der Waals surface area (Å²) >= 11 is 0. The number of hydrogen-bond donors (Lipinski definition) is 3. The summed E-state index contributed by atoms with van der Waals surface area (Å²) in [6.07, 6.45) is 0.0648. The van der Waals surface area contributed by atoms with E-state index in [1.165, 1.54) is 0 Å². The highest BCUT2D eigenvalue weighted by Crippen LogP contribution is 2.45. The SMILES string of the molecule is OCC1(CO)C[C@@H](O)[C@H](n2nnc(-c3ccccc3)c2-c2ccccc2)C1. The molecule has 6 heteroatoms. The van der Waals surface area contributed by atoms with E-state index in [0.29, 0.717) is 12.8 Å². The Bertz CT molecular complexity index is 892. The van der Waals surface area contributed by atoms with Crippen molar-refractivity contribution in [2.75, 3.05) is 13.2 Å². The molecule has 140 valence electrons. The maximum atomic E-state index is 10.7. The van der Waals surface area contributed by atoms with Crippen molar-refractivity contribution in [1.29, 1.82) is 0 Å². The van der Waals surface area contributed by atoms with E-state index < -0.39 is 11.5 Å². The second kappa shape index (κ2) is 7.23. The fraction of sp³-hybridized carbons (Fsp3) is 0.333. The zero-order valence-electron chi connectivity index (χ0n) is 14.9. The lowest BCUT2D eigenvalue weighted by molar-refractivity contribution is 0.0466. The summed E-state index contributed by atoms with van der Waals surface area (Å²) in [6.45, 7) is -0.337. The van der Waals surface area contributed by atoms with Gasteiger partial charge in [0.1, 0.15) is 5.69 Å². The van der Waals surface area contributed by atoms with Gasteiger partial charge in [-0.05, 0) is 12.8 Å². The number of aromatic nitrogens is 3. The molecule has 0 radical (unpaired) electrons. The average molecular weight is 365 g/mol. The minimum Gasteiger partial charge on any atom is -0.396 e. The molecule has 3 aromatic rings. The zero-order chi connectivity index (χ0) is 18.9. The van der Waals surface area contributed by atoms with Crippen molar-refractivity contribution in [3.8, 4) is 22.5 Å². The maximum absolute atomic E-state index is 10.7. The van der Waals surface area contributed by atoms with Crippen LogP contribution in [0.1, 0.15) is 18.9 Å². The van der Waals surface area contributed by atoms with Crippen LogP contribution in [-0.2, 0) is 0 Å². The lowest BCUT2D eigenvalue weighted by atomic mass is 9.88. The fourth-order valence-electron chi connectivity index (χ4n) is 3.98. The smallest absolute Gasteiger partial charge is 0.121 e. The molecule has 0 saturated heterocycles. The van der Waals surface area contributed by atoms with E-state index in [4.69, 9.17) is 0 Å². The molecule has 1 heterocycles. The summed E-state index contributed by atoms with van der Waals surface area (Å²) in [4.78, 5) is 0. The van der Waals surface area contributed by atoms with Gasteiger partial charge in [0.15, 0.2) is 0 Å². The number of nitrogens with zero attached hydrogens (tertiary/aromatic N) is 3. The van der Waals surface area contributed by atoms with Crippen molar-refractivity contribution in [2.24, 2.45) is 5.41 Å². The molecular formula is C21H23N3O3. The Morgan fingerprint density at radius 1 is 0.889 bits per heavy atom. The molecule has 1 aromatic heterocycles. The molecule has 2 aromatic carbocycles. The predicted octanol–water partition coefficient (Wildman–Crippen LogP) is 2.28. The Morgan fingerprint density at radius 3 is 2.04 bits per heavy atom. The first kappa shape index (κ1) is 17.9. The van der Waals surface area contributed by atoms with Crippen LogP contribution in [0, 0.1) is 5.41 Å². The van der Waals surface area contributed by atoms with Crippen LogP contribution in [0.15, 0.2) is 60.7 Å². The van der Waals surface area contributed by atoms with Crippen molar-refractivity contribution in [1.82, 2.24) is 15.0 Å². The second-order valence-corrected chi connectivity index (χ2v) is 7.32. The molecule has 0 amide bonds. The van der Waals surface area contributed by atoms with E-state index in [0.717, 1.165) is 22.5 Å². The van der Waals surface area contributed by atoms with Crippen LogP contribution in [0.5, 0.6) is 0 Å². The van der Waals surface area contributed by atoms with Gasteiger partial charge in [0.05, 0.1) is 31.1 Å². The van der Waals surface area contributed by atoms with Crippen LogP contribution in [0.4, 0.5) is 0 Å². The zero-order valence-corrected chi connectivity index (χ0v) is 14.9. The van der Waals surface area contributed by atoms with Crippen LogP contribution in [0.25, 0.3) is 22.5 Å². The van der Waals surface area contributed by atoms with Crippen molar-refractivity contribution in [2.45, 2.75) is 25.0 Å². The third kappa shape index (κ3) is 3.16. The third-order valence-electron chi connectivity index (χ3n) is 5.50. The first-order valence-electron chi connectivity index (χ1n) is 9.13. The monoisotopic (exact) mass is 365 g/mol. The molecule has 1 aliphatic carbocycles. The summed E-state index contributed by atoms with van der Waals surface area (Å²) in [5.74, 6) is 0. The lowest BCUT2D eigenvalue weighted by Crippen LogP contribution is -2.27. The Balaban J connectivity index is 1.84. The van der Waals surface area contributed by atoms with E-state index in [9.17, 15) is 15.3 Å². The quantitative estimate of drug-likeness (QED) is 0.645. The second-order valence-electron chi connectivity index (χ2n) is 7.32. The van der Waals surface area contributed by atoms with E-state index in [2.05, 4.69) is 10.3 Å². The molecule has 1 fully saturated rings. The van der Waals surface area contributed by atoms with Gasteiger partial charge in [0.25, 0.3) is 0 Å². The molecule has 1 saturated carbocycles. The van der Waals surface area contributed by atoms with Gasteiger partial charge in [-0.3, -0.25) is 0 Å². The number of hydrogen-bond acceptors (Lipinski definition) is 5. The number of rotatable bonds is 5. The first-order chi connectivity index (χ1) is 13.2. The van der Waals surface area contributed by atoms with Gasteiger partial charge >= 0.3 is 0 Å². The normalized spacial score (nSPS) is 21.4. The summed E-state index contributed by atoms with van der Waals surface area (Å²) in [6, 6.07) is 19.3. The van der Waals surface area contributed by atoms with Gasteiger partial charge in [-0.2, -0.15) is 0 Å². The molecule has 0 bridgehead atoms. The summed E-state index contributed by atoms with van der Waals surface area (Å²) in [5.41, 5.74) is 2.79. The van der Waals surface area contributed by atoms with Gasteiger partial charge in [-0.15, -0.1) is 5.10 Å². The lowest BCUT2D eigenvalue weighted by Gasteiger charge is -2.23. The van der Waals surface area contributed by atoms with Crippen molar-refractivity contribution >= 4 is 0 Å². The van der Waals surface area contributed by atoms with Crippen molar-refractivity contribution in [3.05, 3.63) is 60.7 Å². The molecule has 0 spiro atoms. The molecule has 6 nitrogen and oxygen atoms in total. The van der Waals surface area contributed by atoms with Crippen molar-refractivity contribution in [3.63, 3.8) is 0 Å². The Kier molecular flexibility index (Phi) is 4.78. The van der Waals surface area contributed by atoms with Gasteiger partial charge in [0.2, 0.25) is 0 Å². The van der Waals surface area contributed by atoms with Gasteiger partial charge < -0.3 is 15.3 Å². The largest absolute Gasteiger partial charge is 0.396 e. The van der Waals surface area contributed by atoms with Crippen LogP contribution in [0.3, 0.4) is 0 Å². The van der Waals surface area contributed by atoms with Crippen LogP contribution >= 0.6 is 0 Å². The van der Waals surface area contributed by atoms with Gasteiger partial charge in [-0.1, -0.05) is 65.9 Å². The molecular weight excluding hydrogens is 342 g/mol. The van der Waals surface area contributed by atoms with E-state index >= 15 is 0 Å². The standard InChI is InChI=1S/C21H23N3O3/c25-13-21(14-26)11-17(18(27)12-21)24-20(16-9-5-2-6-10-16)19(22-23-24)15-7-3-1-4-8-15/h1-10,17-18,25-27H,11-14H2/t17-,18-/m1/s1. The van der Waals surface area contributed by atoms with Crippen molar-refractivity contribution < 1.29 is 15.3 Å². The molecule has 0 aliphatic heterocycles. The minimum absolute atomic E-state index is 0.169. The highest BCUT2D eigenvalue weighted by Gasteiger charge is 2.46. The fourth-order valence-corrected chi connectivity index (χ4v) is 3.98. The van der Waals surface area contributed by atoms with Crippen LogP contribution < -0.4 is 0 Å². The molecule has 27 heavy (non-hydrogen) atoms. The van der Waals surface area contributed by atoms with Gasteiger partial charge in [0, 0.05) is 16.5 Å². The number of aliphatic hydroxyl groups excluding tert-OH is 3. The topological polar surface area (TPSA) is 91.4 Å². The molecule has 1 aliphatic rings. The van der Waals surface area contributed by atoms with Crippen LogP contribution in [0.2, 0.25) is 0 Å². The van der Waals surface area contributed by atoms with E-state index in [1.807, 2.05) is 60.7 Å². The first-order valence-corrected chi connectivity index (χ1v) is 9.13. The third-order valence-corrected chi connectivity index (χ3v) is 5.50. The molecule has 3 N–H and O–H groups in total. The minimum atomic E-state index is -0.711. The van der Waals surface area contributed by atoms with Gasteiger partial charge in [-0.25, -0.2) is 4.68 Å². The Morgan fingerprint density at radius 2 is 1.48 bits per heavy atom. The highest BCUT2D eigenvalue weighted by molar-refractivity contribution is 5.78. The summed E-state index contributed by atoms with van der Waals surface area (Å²) in [7, 11) is 0. The Hall–Kier alpha value is -2.54. The average Bonchev–Trinajstić information content (AvgIpc) is 3.31. The van der Waals surface area contributed by atoms with E-state index in [1.54, 1.807) is 4.68 Å². The molecule has 4 rings (SSSR count). The molecule has 0 unspecified atom stereocenters. The molecule has 2 atom stereocenters. The predicted molar refractivity (Wildman–Crippen MR) is 102 cm³/mol. The van der Waals surface area contributed by atoms with E-state index in [-0.39, 0.29) is 19.3 Å². The summed E-state index contributed by atoms with van der Waals surface area (Å²) < 4.78 is 1.76. The maximum Gasteiger partial charge on any atom is 0.121 e. The highest BCUT2D eigenvalue weighted by atomic mass is 16.3.